The minimum Gasteiger partial charge on any atom is -0.353 e. The highest BCUT2D eigenvalue weighted by atomic mass is 16.1. The molecule has 1 N–H and O–H groups in total. The molecule has 0 bridgehead atoms. The van der Waals surface area contributed by atoms with Crippen molar-refractivity contribution in [3.63, 3.8) is 0 Å². The van der Waals surface area contributed by atoms with Crippen molar-refractivity contribution in [2.24, 2.45) is 11.8 Å². The number of nitrogens with one attached hydrogen (secondary N) is 1. The quantitative estimate of drug-likeness (QED) is 0.794. The van der Waals surface area contributed by atoms with E-state index in [2.05, 4.69) is 48.3 Å². The zero-order valence-electron chi connectivity index (χ0n) is 16.7. The summed E-state index contributed by atoms with van der Waals surface area (Å²) in [6, 6.07) is 8.93. The fourth-order valence-electron chi connectivity index (χ4n) is 4.55. The summed E-state index contributed by atoms with van der Waals surface area (Å²) >= 11 is 0. The van der Waals surface area contributed by atoms with E-state index in [1.165, 1.54) is 37.8 Å². The number of rotatable bonds is 7. The second-order valence-electron chi connectivity index (χ2n) is 8.88. The second-order valence-corrected chi connectivity index (χ2v) is 8.88. The molecule has 3 rings (SSSR count). The molecule has 1 saturated carbocycles. The minimum absolute atomic E-state index is 0.177. The van der Waals surface area contributed by atoms with Crippen molar-refractivity contribution in [1.29, 1.82) is 0 Å². The van der Waals surface area contributed by atoms with E-state index in [0.29, 0.717) is 18.4 Å². The van der Waals surface area contributed by atoms with Gasteiger partial charge in [-0.3, -0.25) is 4.79 Å². The Morgan fingerprint density at radius 1 is 1.04 bits per heavy atom. The van der Waals surface area contributed by atoms with Crippen molar-refractivity contribution in [3.8, 4) is 0 Å². The van der Waals surface area contributed by atoms with Crippen molar-refractivity contribution in [3.05, 3.63) is 35.4 Å². The van der Waals surface area contributed by atoms with Gasteiger partial charge in [0.1, 0.15) is 0 Å². The van der Waals surface area contributed by atoms with Gasteiger partial charge in [-0.25, -0.2) is 0 Å². The van der Waals surface area contributed by atoms with Crippen LogP contribution >= 0.6 is 0 Å². The third-order valence-corrected chi connectivity index (χ3v) is 5.98. The first-order valence-electron chi connectivity index (χ1n) is 10.7. The van der Waals surface area contributed by atoms with E-state index in [4.69, 9.17) is 0 Å². The molecule has 144 valence electrons. The lowest BCUT2D eigenvalue weighted by Crippen LogP contribution is -2.46. The van der Waals surface area contributed by atoms with Crippen molar-refractivity contribution in [1.82, 2.24) is 10.2 Å². The van der Waals surface area contributed by atoms with Gasteiger partial charge >= 0.3 is 0 Å². The highest BCUT2D eigenvalue weighted by molar-refractivity contribution is 5.78. The smallest absolute Gasteiger partial charge is 0.224 e. The number of piperidine rings is 1. The highest BCUT2D eigenvalue weighted by Gasteiger charge is 2.24. The van der Waals surface area contributed by atoms with Gasteiger partial charge < -0.3 is 10.2 Å². The predicted molar refractivity (Wildman–Crippen MR) is 108 cm³/mol. The molecule has 0 radical (unpaired) electrons. The summed E-state index contributed by atoms with van der Waals surface area (Å²) in [5.41, 5.74) is 2.48. The summed E-state index contributed by atoms with van der Waals surface area (Å²) in [7, 11) is 0. The third-order valence-electron chi connectivity index (χ3n) is 5.98. The second kappa shape index (κ2) is 9.55. The predicted octanol–water partition coefficient (Wildman–Crippen LogP) is 4.20. The van der Waals surface area contributed by atoms with Crippen LogP contribution < -0.4 is 5.32 Å². The highest BCUT2D eigenvalue weighted by Crippen LogP contribution is 2.26. The SMILES string of the molecule is CC(C)Cc1ccc(CC(=O)NC2CCN(CC3CCCC3)CC2)cc1. The molecule has 1 aliphatic carbocycles. The Morgan fingerprint density at radius 2 is 1.65 bits per heavy atom. The monoisotopic (exact) mass is 356 g/mol. The van der Waals surface area contributed by atoms with Gasteiger partial charge in [-0.2, -0.15) is 0 Å². The molecule has 1 amide bonds. The molecule has 3 heteroatoms. The molecule has 1 aliphatic heterocycles. The van der Waals surface area contributed by atoms with Crippen LogP contribution in [-0.2, 0) is 17.6 Å². The molecule has 1 heterocycles. The van der Waals surface area contributed by atoms with Crippen LogP contribution in [0.15, 0.2) is 24.3 Å². The molecular weight excluding hydrogens is 320 g/mol. The molecule has 0 spiro atoms. The van der Waals surface area contributed by atoms with Gasteiger partial charge in [0.05, 0.1) is 6.42 Å². The molecular formula is C23H36N2O. The standard InChI is InChI=1S/C23H36N2O/c1-18(2)15-19-7-9-20(10-8-19)16-23(26)24-22-11-13-25(14-12-22)17-21-5-3-4-6-21/h7-10,18,21-22H,3-6,11-17H2,1-2H3,(H,24,26). The van der Waals surface area contributed by atoms with Crippen molar-refractivity contribution in [2.45, 2.75) is 71.3 Å². The Labute approximate surface area is 159 Å². The zero-order valence-corrected chi connectivity index (χ0v) is 16.7. The first-order valence-corrected chi connectivity index (χ1v) is 10.7. The number of likely N-dealkylation sites (tertiary alicyclic amines) is 1. The molecule has 1 aromatic carbocycles. The number of hydrogen-bond acceptors (Lipinski definition) is 2. The van der Waals surface area contributed by atoms with Crippen LogP contribution in [0.1, 0.15) is 63.5 Å². The molecule has 1 saturated heterocycles. The van der Waals surface area contributed by atoms with Crippen molar-refractivity contribution < 1.29 is 4.79 Å². The van der Waals surface area contributed by atoms with Crippen LogP contribution in [0.3, 0.4) is 0 Å². The largest absolute Gasteiger partial charge is 0.353 e. The Morgan fingerprint density at radius 3 is 2.27 bits per heavy atom. The normalized spacial score (nSPS) is 20.0. The first kappa shape index (κ1) is 19.4. The van der Waals surface area contributed by atoms with Gasteiger partial charge in [0.25, 0.3) is 0 Å². The average Bonchev–Trinajstić information content (AvgIpc) is 3.11. The number of carbonyl (C=O) groups excluding carboxylic acids is 1. The molecule has 3 nitrogen and oxygen atoms in total. The number of nitrogens with zero attached hydrogens (tertiary/aromatic N) is 1. The van der Waals surface area contributed by atoms with E-state index < -0.39 is 0 Å². The lowest BCUT2D eigenvalue weighted by molar-refractivity contribution is -0.121. The van der Waals surface area contributed by atoms with E-state index in [1.54, 1.807) is 0 Å². The number of benzene rings is 1. The van der Waals surface area contributed by atoms with Gasteiger partial charge in [0.2, 0.25) is 5.91 Å². The Bertz CT molecular complexity index is 552. The van der Waals surface area contributed by atoms with Gasteiger partial charge in [-0.15, -0.1) is 0 Å². The fraction of sp³-hybridized carbons (Fsp3) is 0.696. The molecule has 0 unspecified atom stereocenters. The van der Waals surface area contributed by atoms with E-state index >= 15 is 0 Å². The van der Waals surface area contributed by atoms with E-state index in [1.807, 2.05) is 0 Å². The molecule has 0 atom stereocenters. The Kier molecular flexibility index (Phi) is 7.13. The van der Waals surface area contributed by atoms with Crippen LogP contribution in [-0.4, -0.2) is 36.5 Å². The number of hydrogen-bond donors (Lipinski definition) is 1. The van der Waals surface area contributed by atoms with Crippen LogP contribution in [0.2, 0.25) is 0 Å². The lowest BCUT2D eigenvalue weighted by Gasteiger charge is -2.33. The van der Waals surface area contributed by atoms with Crippen LogP contribution in [0.4, 0.5) is 0 Å². The van der Waals surface area contributed by atoms with Crippen molar-refractivity contribution in [2.75, 3.05) is 19.6 Å². The average molecular weight is 357 g/mol. The summed E-state index contributed by atoms with van der Waals surface area (Å²) in [4.78, 5) is 15.0. The number of amides is 1. The topological polar surface area (TPSA) is 32.3 Å². The summed E-state index contributed by atoms with van der Waals surface area (Å²) in [5.74, 6) is 1.78. The van der Waals surface area contributed by atoms with Crippen LogP contribution in [0.25, 0.3) is 0 Å². The summed E-state index contributed by atoms with van der Waals surface area (Å²) < 4.78 is 0. The van der Waals surface area contributed by atoms with Gasteiger partial charge in [-0.1, -0.05) is 51.0 Å². The molecule has 0 aromatic heterocycles. The van der Waals surface area contributed by atoms with Gasteiger partial charge in [0.15, 0.2) is 0 Å². The van der Waals surface area contributed by atoms with E-state index in [0.717, 1.165) is 43.8 Å². The maximum atomic E-state index is 12.4. The van der Waals surface area contributed by atoms with Gasteiger partial charge in [-0.05, 0) is 55.1 Å². The molecule has 26 heavy (non-hydrogen) atoms. The summed E-state index contributed by atoms with van der Waals surface area (Å²) in [6.07, 6.45) is 9.51. The van der Waals surface area contributed by atoms with Gasteiger partial charge in [0, 0.05) is 25.7 Å². The fourth-order valence-corrected chi connectivity index (χ4v) is 4.55. The Balaban J connectivity index is 1.37. The lowest BCUT2D eigenvalue weighted by atomic mass is 10.00. The van der Waals surface area contributed by atoms with E-state index in [-0.39, 0.29) is 5.91 Å². The van der Waals surface area contributed by atoms with E-state index in [9.17, 15) is 4.79 Å². The van der Waals surface area contributed by atoms with Crippen LogP contribution in [0, 0.1) is 11.8 Å². The third kappa shape index (κ3) is 6.12. The maximum Gasteiger partial charge on any atom is 0.224 e. The molecule has 2 fully saturated rings. The Hall–Kier alpha value is -1.35. The summed E-state index contributed by atoms with van der Waals surface area (Å²) in [5, 5.41) is 3.26. The minimum atomic E-state index is 0.177. The number of carbonyl (C=O) groups is 1. The molecule has 2 aliphatic rings. The van der Waals surface area contributed by atoms with Crippen molar-refractivity contribution >= 4 is 5.91 Å². The summed E-state index contributed by atoms with van der Waals surface area (Å²) in [6.45, 7) is 8.04. The first-order chi connectivity index (χ1) is 12.6. The zero-order chi connectivity index (χ0) is 18.4. The maximum absolute atomic E-state index is 12.4. The van der Waals surface area contributed by atoms with Crippen LogP contribution in [0.5, 0.6) is 0 Å². The molecule has 1 aromatic rings.